The molecule has 1 heterocycles. The summed E-state index contributed by atoms with van der Waals surface area (Å²) in [6, 6.07) is 1.11. The fourth-order valence-electron chi connectivity index (χ4n) is 1.81. The van der Waals surface area contributed by atoms with E-state index in [0.29, 0.717) is 17.5 Å². The van der Waals surface area contributed by atoms with Crippen LogP contribution in [-0.2, 0) is 0 Å². The topological polar surface area (TPSA) is 12.0 Å². The number of hydrogen-bond acceptors (Lipinski definition) is 2. The largest absolute Gasteiger partial charge is 0.307 e. The van der Waals surface area contributed by atoms with Gasteiger partial charge in [0.25, 0.3) is 0 Å². The smallest absolute Gasteiger partial charge is 0.0221 e. The average molecular weight is 199 g/mol. The van der Waals surface area contributed by atoms with Crippen molar-refractivity contribution >= 4 is 11.8 Å². The van der Waals surface area contributed by atoms with Crippen molar-refractivity contribution in [1.29, 1.82) is 0 Å². The zero-order chi connectivity index (χ0) is 9.90. The summed E-state index contributed by atoms with van der Waals surface area (Å²) in [6.07, 6.45) is 3.27. The van der Waals surface area contributed by atoms with E-state index < -0.39 is 0 Å². The van der Waals surface area contributed by atoms with Crippen LogP contribution in [0.25, 0.3) is 0 Å². The van der Waals surface area contributed by atoms with Crippen LogP contribution in [0.4, 0.5) is 0 Å². The van der Waals surface area contributed by atoms with Gasteiger partial charge in [-0.15, -0.1) is 6.58 Å². The van der Waals surface area contributed by atoms with Gasteiger partial charge in [0.05, 0.1) is 0 Å². The average Bonchev–Trinajstić information content (AvgIpc) is 2.02. The van der Waals surface area contributed by atoms with E-state index in [1.165, 1.54) is 17.9 Å². The molecule has 0 aromatic rings. The molecule has 1 nitrogen and oxygen atoms in total. The van der Waals surface area contributed by atoms with E-state index in [2.05, 4.69) is 44.4 Å². The van der Waals surface area contributed by atoms with Crippen LogP contribution in [0, 0.1) is 5.41 Å². The van der Waals surface area contributed by atoms with Crippen molar-refractivity contribution < 1.29 is 0 Å². The lowest BCUT2D eigenvalue weighted by molar-refractivity contribution is 0.312. The molecule has 1 N–H and O–H groups in total. The maximum Gasteiger partial charge on any atom is 0.0221 e. The first-order chi connectivity index (χ1) is 6.03. The van der Waals surface area contributed by atoms with Crippen molar-refractivity contribution in [3.63, 3.8) is 0 Å². The predicted molar refractivity (Wildman–Crippen MR) is 62.3 cm³/mol. The fourth-order valence-corrected chi connectivity index (χ4v) is 3.10. The number of rotatable bonds is 3. The lowest BCUT2D eigenvalue weighted by atomic mass is 9.87. The Kier molecular flexibility index (Phi) is 3.87. The van der Waals surface area contributed by atoms with E-state index in [4.69, 9.17) is 0 Å². The first-order valence-corrected chi connectivity index (χ1v) is 6.15. The van der Waals surface area contributed by atoms with Gasteiger partial charge in [-0.25, -0.2) is 0 Å². The Bertz CT molecular complexity index is 177. The molecule has 1 aliphatic heterocycles. The van der Waals surface area contributed by atoms with Gasteiger partial charge in [-0.3, -0.25) is 0 Å². The second-order valence-electron chi connectivity index (χ2n) is 4.77. The monoisotopic (exact) mass is 199 g/mol. The van der Waals surface area contributed by atoms with Crippen molar-refractivity contribution in [1.82, 2.24) is 5.32 Å². The molecular weight excluding hydrogens is 178 g/mol. The third-order valence-corrected chi connectivity index (χ3v) is 4.09. The SMILES string of the molecule is C=CC(C)NC1CSCC(C)(C)C1. The molecule has 76 valence electrons. The Balaban J connectivity index is 2.38. The summed E-state index contributed by atoms with van der Waals surface area (Å²) in [5.74, 6) is 2.55. The standard InChI is InChI=1S/C11H21NS/c1-5-9(2)12-10-6-11(3,4)8-13-7-10/h5,9-10,12H,1,6-8H2,2-4H3. The molecule has 0 spiro atoms. The molecule has 1 aliphatic rings. The minimum Gasteiger partial charge on any atom is -0.307 e. The Labute approximate surface area is 86.4 Å². The number of hydrogen-bond donors (Lipinski definition) is 1. The van der Waals surface area contributed by atoms with Crippen LogP contribution in [0.5, 0.6) is 0 Å². The van der Waals surface area contributed by atoms with Crippen molar-refractivity contribution in [2.45, 2.75) is 39.3 Å². The highest BCUT2D eigenvalue weighted by atomic mass is 32.2. The predicted octanol–water partition coefficient (Wildman–Crippen LogP) is 2.68. The van der Waals surface area contributed by atoms with Gasteiger partial charge >= 0.3 is 0 Å². The van der Waals surface area contributed by atoms with Gasteiger partial charge in [0, 0.05) is 17.8 Å². The minimum atomic E-state index is 0.444. The molecule has 0 bridgehead atoms. The Morgan fingerprint density at radius 3 is 2.85 bits per heavy atom. The van der Waals surface area contributed by atoms with Crippen molar-refractivity contribution in [3.05, 3.63) is 12.7 Å². The van der Waals surface area contributed by atoms with Crippen molar-refractivity contribution in [2.24, 2.45) is 5.41 Å². The van der Waals surface area contributed by atoms with E-state index in [1.807, 2.05) is 6.08 Å². The molecule has 0 amide bonds. The molecule has 0 aromatic heterocycles. The summed E-state index contributed by atoms with van der Waals surface area (Å²) in [6.45, 7) is 10.7. The number of thioether (sulfide) groups is 1. The molecule has 0 aromatic carbocycles. The number of nitrogens with one attached hydrogen (secondary N) is 1. The van der Waals surface area contributed by atoms with E-state index in [9.17, 15) is 0 Å². The lowest BCUT2D eigenvalue weighted by Crippen LogP contribution is -2.43. The van der Waals surface area contributed by atoms with Crippen LogP contribution in [0.1, 0.15) is 27.2 Å². The van der Waals surface area contributed by atoms with Gasteiger partial charge in [-0.05, 0) is 24.5 Å². The van der Waals surface area contributed by atoms with Gasteiger partial charge in [-0.2, -0.15) is 11.8 Å². The molecule has 0 radical (unpaired) electrons. The van der Waals surface area contributed by atoms with Gasteiger partial charge in [0.15, 0.2) is 0 Å². The summed E-state index contributed by atoms with van der Waals surface area (Å²) < 4.78 is 0. The van der Waals surface area contributed by atoms with Crippen LogP contribution in [0.15, 0.2) is 12.7 Å². The molecule has 0 aliphatic carbocycles. The normalized spacial score (nSPS) is 29.6. The summed E-state index contributed by atoms with van der Waals surface area (Å²) in [4.78, 5) is 0. The van der Waals surface area contributed by atoms with Gasteiger partial charge < -0.3 is 5.32 Å². The maximum absolute atomic E-state index is 3.79. The van der Waals surface area contributed by atoms with Crippen molar-refractivity contribution in [3.8, 4) is 0 Å². The molecule has 2 heteroatoms. The summed E-state index contributed by atoms with van der Waals surface area (Å²) in [7, 11) is 0. The van der Waals surface area contributed by atoms with E-state index in [1.54, 1.807) is 0 Å². The molecule has 1 fully saturated rings. The molecule has 1 rings (SSSR count). The first kappa shape index (κ1) is 11.1. The highest BCUT2D eigenvalue weighted by Crippen LogP contribution is 2.33. The zero-order valence-corrected chi connectivity index (χ0v) is 9.79. The van der Waals surface area contributed by atoms with E-state index >= 15 is 0 Å². The molecule has 1 saturated heterocycles. The molecule has 2 atom stereocenters. The van der Waals surface area contributed by atoms with Crippen LogP contribution in [0.2, 0.25) is 0 Å². The highest BCUT2D eigenvalue weighted by Gasteiger charge is 2.28. The molecular formula is C11H21NS. The fraction of sp³-hybridized carbons (Fsp3) is 0.818. The lowest BCUT2D eigenvalue weighted by Gasteiger charge is -2.36. The molecule has 0 saturated carbocycles. The Morgan fingerprint density at radius 2 is 2.31 bits per heavy atom. The summed E-state index contributed by atoms with van der Waals surface area (Å²) >= 11 is 2.07. The van der Waals surface area contributed by atoms with E-state index in [0.717, 1.165) is 0 Å². The summed E-state index contributed by atoms with van der Waals surface area (Å²) in [5, 5.41) is 3.59. The Hall–Kier alpha value is 0.0500. The van der Waals surface area contributed by atoms with Crippen molar-refractivity contribution in [2.75, 3.05) is 11.5 Å². The second kappa shape index (κ2) is 4.52. The van der Waals surface area contributed by atoms with Crippen LogP contribution in [0.3, 0.4) is 0 Å². The van der Waals surface area contributed by atoms with Crippen LogP contribution in [-0.4, -0.2) is 23.6 Å². The second-order valence-corrected chi connectivity index (χ2v) is 5.80. The van der Waals surface area contributed by atoms with Crippen LogP contribution >= 0.6 is 11.8 Å². The third kappa shape index (κ3) is 3.74. The zero-order valence-electron chi connectivity index (χ0n) is 8.97. The van der Waals surface area contributed by atoms with Gasteiger partial charge in [-0.1, -0.05) is 19.9 Å². The first-order valence-electron chi connectivity index (χ1n) is 5.00. The molecule has 13 heavy (non-hydrogen) atoms. The van der Waals surface area contributed by atoms with Gasteiger partial charge in [0.2, 0.25) is 0 Å². The van der Waals surface area contributed by atoms with Crippen LogP contribution < -0.4 is 5.32 Å². The minimum absolute atomic E-state index is 0.444. The van der Waals surface area contributed by atoms with E-state index in [-0.39, 0.29) is 0 Å². The maximum atomic E-state index is 3.79. The summed E-state index contributed by atoms with van der Waals surface area (Å²) in [5.41, 5.74) is 0.501. The highest BCUT2D eigenvalue weighted by molar-refractivity contribution is 7.99. The van der Waals surface area contributed by atoms with Gasteiger partial charge in [0.1, 0.15) is 0 Å². The Morgan fingerprint density at radius 1 is 1.62 bits per heavy atom. The third-order valence-electron chi connectivity index (χ3n) is 2.46. The quantitative estimate of drug-likeness (QED) is 0.701. The molecule has 2 unspecified atom stereocenters.